The van der Waals surface area contributed by atoms with Crippen LogP contribution in [0, 0.1) is 23.2 Å². The summed E-state index contributed by atoms with van der Waals surface area (Å²) in [6.45, 7) is 0.0444. The maximum absolute atomic E-state index is 11.5. The summed E-state index contributed by atoms with van der Waals surface area (Å²) in [7, 11) is 1.75. The third-order valence-electron chi connectivity index (χ3n) is 5.20. The lowest BCUT2D eigenvalue weighted by molar-refractivity contribution is -0.178. The zero-order valence-electron chi connectivity index (χ0n) is 18.2. The number of nitrogens with zero attached hydrogens (tertiary/aromatic N) is 3. The smallest absolute Gasteiger partial charge is 0.276 e. The minimum atomic E-state index is -1.94. The second kappa shape index (κ2) is 10.1. The summed E-state index contributed by atoms with van der Waals surface area (Å²) in [6, 6.07) is 21.7. The molecular weight excluding hydrogens is 469 g/mol. The Labute approximate surface area is 207 Å². The highest BCUT2D eigenvalue weighted by molar-refractivity contribution is 6.31. The van der Waals surface area contributed by atoms with Crippen LogP contribution >= 0.6 is 23.2 Å². The van der Waals surface area contributed by atoms with Gasteiger partial charge in [0.15, 0.2) is 0 Å². The maximum atomic E-state index is 11.5. The Hall–Kier alpha value is -3.58. The average molecular weight is 488 g/mol. The minimum absolute atomic E-state index is 0.0444. The fourth-order valence-corrected chi connectivity index (χ4v) is 3.79. The Bertz CT molecular complexity index is 1430. The highest BCUT2D eigenvalue weighted by atomic mass is 35.5. The van der Waals surface area contributed by atoms with Gasteiger partial charge in [0.25, 0.3) is 5.79 Å². The molecule has 4 rings (SSSR count). The zero-order valence-corrected chi connectivity index (χ0v) is 19.7. The molecule has 0 aliphatic heterocycles. The second-order valence-electron chi connectivity index (χ2n) is 7.57. The van der Waals surface area contributed by atoms with Crippen LogP contribution in [0.5, 0.6) is 0 Å². The summed E-state index contributed by atoms with van der Waals surface area (Å²) in [5.41, 5.74) is 4.05. The fourth-order valence-electron chi connectivity index (χ4n) is 3.42. The Balaban J connectivity index is 1.69. The fraction of sp³-hybridized carbons (Fsp3) is 0.111. The van der Waals surface area contributed by atoms with Crippen molar-refractivity contribution in [1.82, 2.24) is 9.55 Å². The van der Waals surface area contributed by atoms with E-state index in [1.165, 1.54) is 6.20 Å². The SMILES string of the molecule is Cn1cncc1C(O)(C#Cc1ccc(C#N)cc1)OCc1ccc(Cl)cc1-c1cccc(Cl)c1. The van der Waals surface area contributed by atoms with Gasteiger partial charge in [-0.1, -0.05) is 47.3 Å². The molecule has 0 saturated heterocycles. The molecular formula is C27H19Cl2N3O2. The molecule has 7 heteroatoms. The van der Waals surface area contributed by atoms with Crippen molar-refractivity contribution in [2.75, 3.05) is 0 Å². The first kappa shape index (κ1) is 23.6. The number of rotatable bonds is 5. The van der Waals surface area contributed by atoms with Gasteiger partial charge in [0.05, 0.1) is 30.8 Å². The van der Waals surface area contributed by atoms with Crippen LogP contribution in [0.3, 0.4) is 0 Å². The number of nitriles is 1. The number of aromatic nitrogens is 2. The lowest BCUT2D eigenvalue weighted by Crippen LogP contribution is -2.30. The van der Waals surface area contributed by atoms with Gasteiger partial charge in [0, 0.05) is 22.7 Å². The molecule has 0 radical (unpaired) electrons. The van der Waals surface area contributed by atoms with E-state index >= 15 is 0 Å². The van der Waals surface area contributed by atoms with E-state index in [2.05, 4.69) is 22.9 Å². The minimum Gasteiger partial charge on any atom is -0.351 e. The normalized spacial score (nSPS) is 12.3. The van der Waals surface area contributed by atoms with Gasteiger partial charge < -0.3 is 14.4 Å². The summed E-state index contributed by atoms with van der Waals surface area (Å²) in [4.78, 5) is 4.09. The van der Waals surface area contributed by atoms with Crippen LogP contribution in [0.2, 0.25) is 10.0 Å². The third kappa shape index (κ3) is 5.31. The van der Waals surface area contributed by atoms with E-state index in [0.29, 0.717) is 26.9 Å². The van der Waals surface area contributed by atoms with Crippen molar-refractivity contribution < 1.29 is 9.84 Å². The first-order valence-electron chi connectivity index (χ1n) is 10.3. The molecule has 168 valence electrons. The summed E-state index contributed by atoms with van der Waals surface area (Å²) < 4.78 is 7.68. The molecule has 0 saturated carbocycles. The molecule has 1 atom stereocenters. The molecule has 0 amide bonds. The van der Waals surface area contributed by atoms with Gasteiger partial charge in [-0.2, -0.15) is 5.26 Å². The van der Waals surface area contributed by atoms with Gasteiger partial charge in [0.1, 0.15) is 5.69 Å². The lowest BCUT2D eigenvalue weighted by atomic mass is 10.00. The molecule has 1 aromatic heterocycles. The maximum Gasteiger partial charge on any atom is 0.276 e. The number of imidazole rings is 1. The molecule has 5 nitrogen and oxygen atoms in total. The van der Waals surface area contributed by atoms with Crippen LogP contribution in [0.1, 0.15) is 22.4 Å². The van der Waals surface area contributed by atoms with Crippen LogP contribution in [0.25, 0.3) is 11.1 Å². The van der Waals surface area contributed by atoms with E-state index in [1.54, 1.807) is 54.3 Å². The summed E-state index contributed by atoms with van der Waals surface area (Å²) in [5, 5.41) is 21.6. The van der Waals surface area contributed by atoms with E-state index in [4.69, 9.17) is 33.2 Å². The van der Waals surface area contributed by atoms with Gasteiger partial charge in [-0.25, -0.2) is 4.98 Å². The van der Waals surface area contributed by atoms with Crippen molar-refractivity contribution in [3.63, 3.8) is 0 Å². The molecule has 1 heterocycles. The molecule has 3 aromatic carbocycles. The molecule has 4 aromatic rings. The molecule has 0 fully saturated rings. The Morgan fingerprint density at radius 2 is 1.76 bits per heavy atom. The lowest BCUT2D eigenvalue weighted by Gasteiger charge is -2.24. The highest BCUT2D eigenvalue weighted by Crippen LogP contribution is 2.31. The first-order chi connectivity index (χ1) is 16.4. The molecule has 0 aliphatic carbocycles. The molecule has 1 unspecified atom stereocenters. The van der Waals surface area contributed by atoms with Gasteiger partial charge in [-0.3, -0.25) is 0 Å². The van der Waals surface area contributed by atoms with Gasteiger partial charge in [0.2, 0.25) is 0 Å². The predicted molar refractivity (Wildman–Crippen MR) is 132 cm³/mol. The number of halogens is 2. The Morgan fingerprint density at radius 3 is 2.44 bits per heavy atom. The van der Waals surface area contributed by atoms with Gasteiger partial charge >= 0.3 is 0 Å². The van der Waals surface area contributed by atoms with Crippen LogP contribution in [-0.4, -0.2) is 14.7 Å². The molecule has 0 aliphatic rings. The number of aryl methyl sites for hydroxylation is 1. The standard InChI is InChI=1S/C27H19Cl2N3O2/c1-32-18-31-16-26(32)27(33,12-11-19-5-7-20(15-30)8-6-19)34-17-22-9-10-24(29)14-25(22)21-3-2-4-23(28)13-21/h2-10,13-14,16,18,33H,17H2,1H3. The van der Waals surface area contributed by atoms with E-state index in [-0.39, 0.29) is 6.61 Å². The van der Waals surface area contributed by atoms with Crippen molar-refractivity contribution in [1.29, 1.82) is 5.26 Å². The molecule has 0 bridgehead atoms. The second-order valence-corrected chi connectivity index (χ2v) is 8.45. The predicted octanol–water partition coefficient (Wildman–Crippen LogP) is 5.68. The highest BCUT2D eigenvalue weighted by Gasteiger charge is 2.32. The van der Waals surface area contributed by atoms with E-state index in [1.807, 2.05) is 30.3 Å². The zero-order chi connectivity index (χ0) is 24.1. The Kier molecular flexibility index (Phi) is 7.03. The van der Waals surface area contributed by atoms with Crippen molar-refractivity contribution in [2.45, 2.75) is 12.4 Å². The van der Waals surface area contributed by atoms with Crippen molar-refractivity contribution >= 4 is 23.2 Å². The van der Waals surface area contributed by atoms with Crippen molar-refractivity contribution in [2.24, 2.45) is 7.05 Å². The number of ether oxygens (including phenoxy) is 1. The summed E-state index contributed by atoms with van der Waals surface area (Å²) in [5.74, 6) is 3.83. The molecule has 1 N–H and O–H groups in total. The summed E-state index contributed by atoms with van der Waals surface area (Å²) in [6.07, 6.45) is 3.07. The monoisotopic (exact) mass is 487 g/mol. The van der Waals surface area contributed by atoms with Crippen LogP contribution < -0.4 is 0 Å². The molecule has 0 spiro atoms. The first-order valence-corrected chi connectivity index (χ1v) is 11.0. The van der Waals surface area contributed by atoms with Gasteiger partial charge in [-0.05, 0) is 71.1 Å². The Morgan fingerprint density at radius 1 is 1.03 bits per heavy atom. The van der Waals surface area contributed by atoms with E-state index in [0.717, 1.165) is 16.7 Å². The van der Waals surface area contributed by atoms with Crippen molar-refractivity contribution in [3.8, 4) is 29.0 Å². The van der Waals surface area contributed by atoms with Crippen LogP contribution in [0.4, 0.5) is 0 Å². The molecule has 34 heavy (non-hydrogen) atoms. The van der Waals surface area contributed by atoms with Crippen LogP contribution in [-0.2, 0) is 24.2 Å². The van der Waals surface area contributed by atoms with Crippen LogP contribution in [0.15, 0.2) is 79.3 Å². The number of aliphatic hydroxyl groups is 1. The van der Waals surface area contributed by atoms with Crippen molar-refractivity contribution in [3.05, 3.63) is 112 Å². The number of benzene rings is 3. The summed E-state index contributed by atoms with van der Waals surface area (Å²) >= 11 is 12.5. The topological polar surface area (TPSA) is 71.1 Å². The third-order valence-corrected chi connectivity index (χ3v) is 5.67. The average Bonchev–Trinajstić information content (AvgIpc) is 3.29. The van der Waals surface area contributed by atoms with E-state index in [9.17, 15) is 5.11 Å². The number of hydrogen-bond donors (Lipinski definition) is 1. The van der Waals surface area contributed by atoms with E-state index < -0.39 is 5.79 Å². The largest absolute Gasteiger partial charge is 0.351 e. The van der Waals surface area contributed by atoms with Gasteiger partial charge in [-0.15, -0.1) is 0 Å². The number of hydrogen-bond acceptors (Lipinski definition) is 4. The quantitative estimate of drug-likeness (QED) is 0.290.